The zero-order chi connectivity index (χ0) is 23.4. The van der Waals surface area contributed by atoms with Gasteiger partial charge in [0.25, 0.3) is 5.56 Å². The Morgan fingerprint density at radius 2 is 1.94 bits per heavy atom. The number of anilines is 1. The topological polar surface area (TPSA) is 127 Å². The molecule has 0 saturated heterocycles. The zero-order valence-corrected chi connectivity index (χ0v) is 18.4. The second kappa shape index (κ2) is 9.72. The maximum Gasteiger partial charge on any atom is 0.329 e. The highest BCUT2D eigenvalue weighted by Crippen LogP contribution is 2.18. The zero-order valence-electron chi connectivity index (χ0n) is 17.6. The molecule has 10 nitrogen and oxygen atoms in total. The van der Waals surface area contributed by atoms with Crippen LogP contribution < -0.4 is 21.4 Å². The van der Waals surface area contributed by atoms with Crippen LogP contribution in [-0.2, 0) is 13.6 Å². The molecule has 2 heterocycles. The molecule has 33 heavy (non-hydrogen) atoms. The highest BCUT2D eigenvalue weighted by atomic mass is 35.5. The number of benzene rings is 2. The van der Waals surface area contributed by atoms with Gasteiger partial charge in [0.1, 0.15) is 18.5 Å². The predicted molar refractivity (Wildman–Crippen MR) is 126 cm³/mol. The summed E-state index contributed by atoms with van der Waals surface area (Å²) in [6.45, 7) is -0.0771. The van der Waals surface area contributed by atoms with Gasteiger partial charge >= 0.3 is 5.69 Å². The average Bonchev–Trinajstić information content (AvgIpc) is 3.16. The minimum Gasteiger partial charge on any atom is -0.491 e. The summed E-state index contributed by atoms with van der Waals surface area (Å²) < 4.78 is 8.28. The van der Waals surface area contributed by atoms with Crippen molar-refractivity contribution in [1.29, 1.82) is 0 Å². The number of aryl methyl sites for hydroxylation is 1. The first-order valence-corrected chi connectivity index (χ1v) is 10.4. The Kier molecular flexibility index (Phi) is 6.57. The van der Waals surface area contributed by atoms with Gasteiger partial charge in [-0.1, -0.05) is 41.9 Å². The van der Waals surface area contributed by atoms with Crippen molar-refractivity contribution in [2.24, 2.45) is 12.1 Å². The number of ether oxygens (including phenoxy) is 1. The predicted octanol–water partition coefficient (Wildman–Crippen LogP) is 1.96. The Balaban J connectivity index is 1.61. The lowest BCUT2D eigenvalue weighted by molar-refractivity contribution is 0.0938. The average molecular weight is 469 g/mol. The third-order valence-corrected chi connectivity index (χ3v) is 5.09. The molecule has 3 N–H and O–H groups in total. The van der Waals surface area contributed by atoms with Crippen LogP contribution in [0.15, 0.2) is 69.3 Å². The molecule has 0 aliphatic rings. The molecule has 4 aromatic rings. The number of aromatic amines is 1. The van der Waals surface area contributed by atoms with E-state index in [1.54, 1.807) is 30.5 Å². The summed E-state index contributed by atoms with van der Waals surface area (Å²) in [6, 6.07) is 16.1. The molecule has 170 valence electrons. The highest BCUT2D eigenvalue weighted by Gasteiger charge is 2.20. The molecule has 1 atom stereocenters. The van der Waals surface area contributed by atoms with Gasteiger partial charge in [-0.3, -0.25) is 14.3 Å². The van der Waals surface area contributed by atoms with E-state index >= 15 is 0 Å². The quantitative estimate of drug-likeness (QED) is 0.268. The van der Waals surface area contributed by atoms with Crippen LogP contribution in [0.25, 0.3) is 11.2 Å². The standard InChI is InChI=1S/C22H21ClN6O4/c1-28-19-18(20(31)26-22(28)32)29(12-16(30)13-33-17-9-7-15(23)8-10-17)21(25-19)27-24-11-14-5-3-2-4-6-14/h2-11,16,30H,12-13H2,1H3,(H,25,27)(H,26,31,32)/b24-11+. The van der Waals surface area contributed by atoms with Crippen molar-refractivity contribution in [3.05, 3.63) is 86.0 Å². The fraction of sp³-hybridized carbons (Fsp3) is 0.182. The minimum absolute atomic E-state index is 0.0332. The van der Waals surface area contributed by atoms with Crippen LogP contribution in [0.4, 0.5) is 5.95 Å². The number of rotatable bonds is 8. The molecule has 11 heteroatoms. The van der Waals surface area contributed by atoms with Crippen LogP contribution >= 0.6 is 11.6 Å². The van der Waals surface area contributed by atoms with Gasteiger partial charge < -0.3 is 14.4 Å². The number of fused-ring (bicyclic) bond motifs is 1. The normalized spacial score (nSPS) is 12.3. The Bertz CT molecular complexity index is 1390. The number of imidazole rings is 1. The number of aromatic nitrogens is 4. The van der Waals surface area contributed by atoms with E-state index in [2.05, 4.69) is 20.5 Å². The largest absolute Gasteiger partial charge is 0.491 e. The second-order valence-corrected chi connectivity index (χ2v) is 7.67. The van der Waals surface area contributed by atoms with Gasteiger partial charge in [0.2, 0.25) is 5.95 Å². The number of hydrazone groups is 1. The van der Waals surface area contributed by atoms with Crippen LogP contribution in [0.5, 0.6) is 5.75 Å². The lowest BCUT2D eigenvalue weighted by Crippen LogP contribution is -2.30. The maximum absolute atomic E-state index is 12.6. The molecule has 0 radical (unpaired) electrons. The minimum atomic E-state index is -0.992. The molecule has 0 aliphatic heterocycles. The smallest absolute Gasteiger partial charge is 0.329 e. The number of hydrogen-bond acceptors (Lipinski definition) is 7. The van der Waals surface area contributed by atoms with Crippen molar-refractivity contribution < 1.29 is 9.84 Å². The van der Waals surface area contributed by atoms with Gasteiger partial charge in [0.15, 0.2) is 11.2 Å². The molecule has 1 unspecified atom stereocenters. The number of H-pyrrole nitrogens is 1. The maximum atomic E-state index is 12.6. The highest BCUT2D eigenvalue weighted by molar-refractivity contribution is 6.30. The van der Waals surface area contributed by atoms with E-state index in [-0.39, 0.29) is 30.3 Å². The van der Waals surface area contributed by atoms with Crippen molar-refractivity contribution in [2.75, 3.05) is 12.0 Å². The Morgan fingerprint density at radius 3 is 2.67 bits per heavy atom. The molecule has 0 bridgehead atoms. The molecular weight excluding hydrogens is 448 g/mol. The third kappa shape index (κ3) is 5.13. The summed E-state index contributed by atoms with van der Waals surface area (Å²) in [5.74, 6) is 0.731. The summed E-state index contributed by atoms with van der Waals surface area (Å²) in [5, 5.41) is 15.3. The van der Waals surface area contributed by atoms with E-state index in [0.29, 0.717) is 10.8 Å². The summed E-state index contributed by atoms with van der Waals surface area (Å²) in [7, 11) is 1.50. The number of halogens is 1. The van der Waals surface area contributed by atoms with E-state index in [9.17, 15) is 14.7 Å². The van der Waals surface area contributed by atoms with Crippen molar-refractivity contribution in [2.45, 2.75) is 12.6 Å². The molecule has 0 spiro atoms. The lowest BCUT2D eigenvalue weighted by atomic mass is 10.2. The summed E-state index contributed by atoms with van der Waals surface area (Å²) in [5.41, 5.74) is 2.72. The number of nitrogens with one attached hydrogen (secondary N) is 2. The molecule has 2 aromatic heterocycles. The van der Waals surface area contributed by atoms with Crippen LogP contribution in [0.1, 0.15) is 5.56 Å². The number of aliphatic hydroxyl groups is 1. The Morgan fingerprint density at radius 1 is 1.21 bits per heavy atom. The Hall–Kier alpha value is -3.89. The van der Waals surface area contributed by atoms with E-state index in [1.165, 1.54) is 16.2 Å². The second-order valence-electron chi connectivity index (χ2n) is 7.24. The van der Waals surface area contributed by atoms with Crippen LogP contribution in [-0.4, -0.2) is 43.1 Å². The number of aliphatic hydroxyl groups excluding tert-OH is 1. The first kappa shape index (κ1) is 22.3. The molecule has 0 fully saturated rings. The van der Waals surface area contributed by atoms with Gasteiger partial charge in [-0.2, -0.15) is 10.1 Å². The van der Waals surface area contributed by atoms with E-state index in [0.717, 1.165) is 5.56 Å². The fourth-order valence-electron chi connectivity index (χ4n) is 3.19. The molecule has 0 saturated carbocycles. The monoisotopic (exact) mass is 468 g/mol. The summed E-state index contributed by atoms with van der Waals surface area (Å²) in [4.78, 5) is 31.2. The first-order chi connectivity index (χ1) is 15.9. The van der Waals surface area contributed by atoms with Crippen molar-refractivity contribution in [3.63, 3.8) is 0 Å². The third-order valence-electron chi connectivity index (χ3n) is 4.83. The van der Waals surface area contributed by atoms with E-state index in [4.69, 9.17) is 16.3 Å². The molecule has 0 aliphatic carbocycles. The van der Waals surface area contributed by atoms with Crippen molar-refractivity contribution >= 4 is 34.9 Å². The van der Waals surface area contributed by atoms with E-state index in [1.807, 2.05) is 30.3 Å². The van der Waals surface area contributed by atoms with Gasteiger partial charge in [-0.25, -0.2) is 10.2 Å². The van der Waals surface area contributed by atoms with Crippen molar-refractivity contribution in [3.8, 4) is 5.75 Å². The van der Waals surface area contributed by atoms with Gasteiger partial charge in [-0.15, -0.1) is 0 Å². The lowest BCUT2D eigenvalue weighted by Gasteiger charge is -2.15. The van der Waals surface area contributed by atoms with Gasteiger partial charge in [0.05, 0.1) is 12.8 Å². The molecule has 2 aromatic carbocycles. The van der Waals surface area contributed by atoms with Crippen LogP contribution in [0.3, 0.4) is 0 Å². The first-order valence-electron chi connectivity index (χ1n) is 10.0. The van der Waals surface area contributed by atoms with Crippen LogP contribution in [0.2, 0.25) is 5.02 Å². The molecular formula is C22H21ClN6O4. The Labute approximate surface area is 192 Å². The summed E-state index contributed by atoms with van der Waals surface area (Å²) in [6.07, 6.45) is 0.598. The molecule has 0 amide bonds. The van der Waals surface area contributed by atoms with Gasteiger partial charge in [-0.05, 0) is 29.8 Å². The van der Waals surface area contributed by atoms with Crippen LogP contribution in [0, 0.1) is 0 Å². The summed E-state index contributed by atoms with van der Waals surface area (Å²) >= 11 is 5.87. The SMILES string of the molecule is Cn1c(=O)[nH]c(=O)c2c1nc(N/N=C/c1ccccc1)n2CC(O)COc1ccc(Cl)cc1. The van der Waals surface area contributed by atoms with E-state index < -0.39 is 17.4 Å². The van der Waals surface area contributed by atoms with Crippen molar-refractivity contribution in [1.82, 2.24) is 19.1 Å². The van der Waals surface area contributed by atoms with Gasteiger partial charge in [0, 0.05) is 12.1 Å². The fourth-order valence-corrected chi connectivity index (χ4v) is 3.31. The molecule has 4 rings (SSSR count). The number of hydrogen-bond donors (Lipinski definition) is 3. The number of nitrogens with zero attached hydrogens (tertiary/aromatic N) is 4.